The van der Waals surface area contributed by atoms with Gasteiger partial charge < -0.3 is 56.6 Å². The van der Waals surface area contributed by atoms with Gasteiger partial charge in [-0.25, -0.2) is 19.2 Å². The van der Waals surface area contributed by atoms with Crippen LogP contribution < -0.4 is 27.0 Å². The number of nitriles is 1. The van der Waals surface area contributed by atoms with E-state index in [1.807, 2.05) is 50.7 Å². The number of aliphatic hydroxyl groups excluding tert-OH is 1. The van der Waals surface area contributed by atoms with Gasteiger partial charge in [0.15, 0.2) is 0 Å². The number of amides is 8. The third kappa shape index (κ3) is 26.3. The largest absolute Gasteiger partial charge is 0.416 e. The Bertz CT molecular complexity index is 5090. The maximum Gasteiger partial charge on any atom is 0.416 e. The van der Waals surface area contributed by atoms with Gasteiger partial charge in [0.25, 0.3) is 5.92 Å². The number of rotatable bonds is 15. The van der Waals surface area contributed by atoms with Gasteiger partial charge in [0.1, 0.15) is 6.61 Å². The molecular formula is C81H75Cl4F14N15O5. The monoisotopic (exact) mass is 1740 g/mol. The van der Waals surface area contributed by atoms with Crippen LogP contribution in [0.25, 0.3) is 22.3 Å². The number of halogens is 18. The number of hydrogen-bond donors (Lipinski definition) is 6. The SMILES string of the molecule is CN(C)CCc1cnc(C2=CCN(C(=O)Nc3ccc(C(F)(F)F)cc3)CC2)c(Cl)c1.N#CCc1cnc(C2=CCN(C(=O)Nc3ccc(C(F)(F)F)cc3)CC2)c(Cl)c1.NCc1cnc(C2=CCN(C(=O)Nc3ccc(C(F)(F)F)cc3)CC2)c(Cl)c1.O=C(Nc1ccc(C(F)(F)F)cc1)N1CC=C(c2ncc(C(F)(F)CO)cc2Cl)CC1. The van der Waals surface area contributed by atoms with Crippen LogP contribution in [0.5, 0.6) is 0 Å². The molecule has 0 saturated carbocycles. The van der Waals surface area contributed by atoms with Crippen molar-refractivity contribution in [1.29, 1.82) is 5.26 Å². The first-order valence-corrected chi connectivity index (χ1v) is 37.7. The second-order valence-electron chi connectivity index (χ2n) is 27.3. The molecule has 12 rings (SSSR count). The molecule has 630 valence electrons. The molecule has 0 atom stereocenters. The molecule has 8 heterocycles. The van der Waals surface area contributed by atoms with Gasteiger partial charge in [-0.05, 0) is 207 Å². The zero-order valence-corrected chi connectivity index (χ0v) is 66.1. The predicted molar refractivity (Wildman–Crippen MR) is 426 cm³/mol. The Morgan fingerprint density at radius 1 is 0.429 bits per heavy atom. The number of likely N-dealkylation sites (N-methyl/N-ethyl adjacent to an activating group) is 1. The molecular weight excluding hydrogens is 1670 g/mol. The number of nitrogens with zero attached hydrogens (tertiary/aromatic N) is 10. The van der Waals surface area contributed by atoms with Crippen molar-refractivity contribution in [2.75, 3.05) is 101 Å². The van der Waals surface area contributed by atoms with E-state index in [9.17, 15) is 80.6 Å². The van der Waals surface area contributed by atoms with E-state index >= 15 is 0 Å². The summed E-state index contributed by atoms with van der Waals surface area (Å²) in [7, 11) is 4.02. The first-order chi connectivity index (χ1) is 56.2. The van der Waals surface area contributed by atoms with Gasteiger partial charge in [-0.2, -0.15) is 66.7 Å². The lowest BCUT2D eigenvalue weighted by Gasteiger charge is -2.27. The number of nitrogens with one attached hydrogen (secondary N) is 4. The normalized spacial score (nSPS) is 14.6. The molecule has 20 nitrogen and oxygen atoms in total. The number of carbonyl (C=O) groups is 4. The molecule has 0 fully saturated rings. The summed E-state index contributed by atoms with van der Waals surface area (Å²) in [5, 5.41) is 29.4. The number of urea groups is 4. The van der Waals surface area contributed by atoms with Gasteiger partial charge in [0, 0.05) is 119 Å². The first kappa shape index (κ1) is 92.0. The van der Waals surface area contributed by atoms with E-state index in [1.54, 1.807) is 45.3 Å². The Hall–Kier alpha value is -10.9. The molecule has 0 bridgehead atoms. The molecule has 0 spiro atoms. The lowest BCUT2D eigenvalue weighted by atomic mass is 10.0. The summed E-state index contributed by atoms with van der Waals surface area (Å²) in [6.45, 7) is 2.67. The topological polar surface area (TPSA) is 254 Å². The number of pyridine rings is 4. The predicted octanol–water partition coefficient (Wildman–Crippen LogP) is 20.0. The number of hydrogen-bond acceptors (Lipinski definition) is 12. The van der Waals surface area contributed by atoms with E-state index in [4.69, 9.17) is 62.5 Å². The number of anilines is 4. The maximum absolute atomic E-state index is 13.6. The number of carbonyl (C=O) groups excluding carboxylic acids is 4. The molecule has 0 aliphatic carbocycles. The van der Waals surface area contributed by atoms with Crippen LogP contribution in [-0.4, -0.2) is 153 Å². The van der Waals surface area contributed by atoms with Gasteiger partial charge in [-0.15, -0.1) is 0 Å². The average molecular weight is 1750 g/mol. The fourth-order valence-electron chi connectivity index (χ4n) is 12.0. The van der Waals surface area contributed by atoms with Crippen LogP contribution in [0.3, 0.4) is 0 Å². The van der Waals surface area contributed by atoms with E-state index in [-0.39, 0.29) is 48.0 Å². The maximum atomic E-state index is 13.6. The molecule has 4 aromatic carbocycles. The fourth-order valence-corrected chi connectivity index (χ4v) is 13.2. The van der Waals surface area contributed by atoms with Gasteiger partial charge in [-0.1, -0.05) is 70.7 Å². The minimum Gasteiger partial charge on any atom is -0.390 e. The zero-order valence-electron chi connectivity index (χ0n) is 63.1. The summed E-state index contributed by atoms with van der Waals surface area (Å²) in [5.74, 6) is -3.46. The van der Waals surface area contributed by atoms with Crippen molar-refractivity contribution in [2.45, 2.75) is 75.7 Å². The van der Waals surface area contributed by atoms with Crippen molar-refractivity contribution in [2.24, 2.45) is 5.73 Å². The number of nitrogens with two attached hydrogens (primary N) is 1. The van der Waals surface area contributed by atoms with Gasteiger partial charge in [-0.3, -0.25) is 19.9 Å². The molecule has 0 unspecified atom stereocenters. The van der Waals surface area contributed by atoms with Crippen LogP contribution in [-0.2, 0) is 50.0 Å². The van der Waals surface area contributed by atoms with Crippen molar-refractivity contribution in [3.8, 4) is 6.07 Å². The molecule has 7 N–H and O–H groups in total. The quantitative estimate of drug-likeness (QED) is 0.0524. The van der Waals surface area contributed by atoms with Crippen molar-refractivity contribution in [1.82, 2.24) is 44.4 Å². The summed E-state index contributed by atoms with van der Waals surface area (Å²) in [4.78, 5) is 74.9. The average Bonchev–Trinajstić information content (AvgIpc) is 0.804. The van der Waals surface area contributed by atoms with Crippen molar-refractivity contribution >= 4 is 116 Å². The number of alkyl halides is 14. The number of aliphatic hydroxyl groups is 1. The summed E-state index contributed by atoms with van der Waals surface area (Å²) >= 11 is 25.0. The Balaban J connectivity index is 0.000000181. The van der Waals surface area contributed by atoms with E-state index in [2.05, 4.69) is 46.1 Å². The lowest BCUT2D eigenvalue weighted by Crippen LogP contribution is -2.38. The standard InChI is InChI=1S/C22H24ClF3N4O.C20H17ClF5N3O2.C20H16ClF3N4O.C19H18ClF3N4O/c1-29(2)10-7-15-13-19(23)20(27-14-15)16-8-11-30(12-9-16)21(31)28-18-5-3-17(4-6-18)22(24,25)26;21-16-9-14(19(22,23)11-30)10-27-17(16)12-5-7-29(8-6-12)18(31)28-15-3-1-13(2-4-15)20(24,25)26;21-17-11-13(5-8-25)12-26-18(17)14-6-9-28(10-7-14)19(29)27-16-3-1-15(2-4-16)20(22,23)24;20-16-9-12(10-24)11-25-17(16)13-5-7-27(8-6-13)18(28)26-15-3-1-14(2-4-15)19(21,22)23/h3-6,8,13-14H,7,9-12H2,1-2H3,(H,28,31);1-5,9-10,30H,6-8,11H2,(H,28,31);1-4,6,11-12H,5,7,9-10H2,(H,27,29);1-5,9,11H,6-8,10,24H2,(H,26,28). The molecule has 0 radical (unpaired) electrons. The first-order valence-electron chi connectivity index (χ1n) is 36.2. The van der Waals surface area contributed by atoms with Gasteiger partial charge >= 0.3 is 48.8 Å². The minimum atomic E-state index is -4.46. The summed E-state index contributed by atoms with van der Waals surface area (Å²) in [6, 6.07) is 23.9. The van der Waals surface area contributed by atoms with Crippen molar-refractivity contribution < 1.29 is 85.8 Å². The Morgan fingerprint density at radius 2 is 0.697 bits per heavy atom. The molecule has 119 heavy (non-hydrogen) atoms. The molecule has 4 aromatic heterocycles. The van der Waals surface area contributed by atoms with Crippen LogP contribution in [0, 0.1) is 11.3 Å². The molecule has 8 amide bonds. The summed E-state index contributed by atoms with van der Waals surface area (Å²) in [6.07, 6.45) is -1.23. The summed E-state index contributed by atoms with van der Waals surface area (Å²) < 4.78 is 179. The van der Waals surface area contributed by atoms with Crippen LogP contribution in [0.2, 0.25) is 20.1 Å². The molecule has 4 aliphatic rings. The lowest BCUT2D eigenvalue weighted by molar-refractivity contribution is -0.138. The smallest absolute Gasteiger partial charge is 0.390 e. The second kappa shape index (κ2) is 40.7. The highest BCUT2D eigenvalue weighted by Gasteiger charge is 2.36. The Kier molecular flexibility index (Phi) is 31.4. The Morgan fingerprint density at radius 3 is 0.941 bits per heavy atom. The number of benzene rings is 4. The van der Waals surface area contributed by atoms with Crippen molar-refractivity contribution in [3.63, 3.8) is 0 Å². The van der Waals surface area contributed by atoms with Crippen molar-refractivity contribution in [3.05, 3.63) is 258 Å². The second-order valence-corrected chi connectivity index (χ2v) is 28.9. The third-order valence-corrected chi connectivity index (χ3v) is 19.7. The molecule has 0 saturated heterocycles. The van der Waals surface area contributed by atoms with Gasteiger partial charge in [0.2, 0.25) is 0 Å². The molecule has 38 heteroatoms. The van der Waals surface area contributed by atoms with Crippen LogP contribution in [0.15, 0.2) is 170 Å². The molecule has 4 aliphatic heterocycles. The van der Waals surface area contributed by atoms with Crippen LogP contribution in [0.1, 0.15) is 93.0 Å². The Labute approximate surface area is 693 Å². The van der Waals surface area contributed by atoms with E-state index in [1.165, 1.54) is 53.4 Å². The van der Waals surface area contributed by atoms with Crippen LogP contribution in [0.4, 0.5) is 103 Å². The van der Waals surface area contributed by atoms with Gasteiger partial charge in [0.05, 0.1) is 77.6 Å². The number of aromatic nitrogens is 4. The highest BCUT2D eigenvalue weighted by Crippen LogP contribution is 2.38. The highest BCUT2D eigenvalue weighted by atomic mass is 35.5. The molecule has 8 aromatic rings. The zero-order chi connectivity index (χ0) is 86.7. The minimum absolute atomic E-state index is 0.000434. The van der Waals surface area contributed by atoms with E-state index in [0.717, 1.165) is 113 Å². The highest BCUT2D eigenvalue weighted by molar-refractivity contribution is 6.33. The third-order valence-electron chi connectivity index (χ3n) is 18.6. The van der Waals surface area contributed by atoms with E-state index < -0.39 is 77.1 Å². The summed E-state index contributed by atoms with van der Waals surface area (Å²) in [5.41, 5.74) is 11.5. The van der Waals surface area contributed by atoms with E-state index in [0.29, 0.717) is 121 Å². The van der Waals surface area contributed by atoms with Crippen LogP contribution >= 0.6 is 46.4 Å². The fraction of sp³-hybridized carbons (Fsp3) is 0.296.